The Morgan fingerprint density at radius 2 is 1.04 bits per heavy atom. The maximum atomic E-state index is 5.67. The van der Waals surface area contributed by atoms with E-state index in [4.69, 9.17) is 19.4 Å². The predicted molar refractivity (Wildman–Crippen MR) is 245 cm³/mol. The number of halogens is 2. The summed E-state index contributed by atoms with van der Waals surface area (Å²) < 4.78 is 1.92. The van der Waals surface area contributed by atoms with Gasteiger partial charge in [0.25, 0.3) is 0 Å². The average Bonchev–Trinajstić information content (AvgIpc) is 3.67. The van der Waals surface area contributed by atoms with Gasteiger partial charge in [-0.25, -0.2) is 0 Å². The van der Waals surface area contributed by atoms with Crippen molar-refractivity contribution in [3.8, 4) is 0 Å². The van der Waals surface area contributed by atoms with Gasteiger partial charge in [-0.15, -0.1) is 0 Å². The summed E-state index contributed by atoms with van der Waals surface area (Å²) in [5.74, 6) is 1.57. The van der Waals surface area contributed by atoms with Gasteiger partial charge in [0.1, 0.15) is 5.82 Å². The van der Waals surface area contributed by atoms with Gasteiger partial charge in [0, 0.05) is 29.5 Å². The molecule has 5 aromatic rings. The molecule has 2 nitrogen and oxygen atoms in total. The van der Waals surface area contributed by atoms with E-state index >= 15 is 0 Å². The van der Waals surface area contributed by atoms with Gasteiger partial charge in [-0.3, -0.25) is 0 Å². The van der Waals surface area contributed by atoms with Crippen LogP contribution >= 0.6 is 27.3 Å². The number of anilines is 2. The van der Waals surface area contributed by atoms with Crippen molar-refractivity contribution in [2.45, 2.75) is 121 Å². The average molecular weight is 891 g/mol. The molecule has 56 heavy (non-hydrogen) atoms. The van der Waals surface area contributed by atoms with Crippen LogP contribution < -0.4 is 9.80 Å². The third-order valence-corrected chi connectivity index (χ3v) is 18.9. The molecule has 0 radical (unpaired) electrons. The van der Waals surface area contributed by atoms with Crippen LogP contribution in [0.3, 0.4) is 0 Å². The molecule has 0 bridgehead atoms. The standard InChI is InChI=1S/C43H53N2P.C7H6.2ClH.Ru/c1-31-15-11-17-33-19-13-26-38(41(31)33)44-29-30-45(39-27-14-20-34-18-12-16-32(2)42(34)39)43(44)37-25-9-10-28-40(37)46(35-21-5-3-6-22-35)36-23-7-4-8-24-36;1-7-5-3-2-4-6-7;;;/h11-20,26-27,35-36,40H,3-10,21-25,28-30H2,1-2H3;1-6H;2*1H;/q;;;;+2/p-2. The van der Waals surface area contributed by atoms with E-state index in [1.807, 2.05) is 40.5 Å². The van der Waals surface area contributed by atoms with E-state index in [1.54, 1.807) is 5.82 Å². The van der Waals surface area contributed by atoms with Gasteiger partial charge in [0.15, 0.2) is 0 Å². The Morgan fingerprint density at radius 1 is 0.554 bits per heavy atom. The number of allylic oxidation sites excluding steroid dienone is 1. The molecule has 1 saturated heterocycles. The van der Waals surface area contributed by atoms with E-state index in [-0.39, 0.29) is 7.92 Å². The van der Waals surface area contributed by atoms with Gasteiger partial charge in [0.2, 0.25) is 0 Å². The molecule has 4 fully saturated rings. The van der Waals surface area contributed by atoms with Crippen LogP contribution in [-0.2, 0) is 13.5 Å². The maximum absolute atomic E-state index is 5.67. The molecule has 3 aliphatic carbocycles. The number of fused-ring (bicyclic) bond motifs is 2. The number of hydrogen-bond acceptors (Lipinski definition) is 2. The van der Waals surface area contributed by atoms with Crippen LogP contribution in [0, 0.1) is 13.8 Å². The van der Waals surface area contributed by atoms with Crippen molar-refractivity contribution in [3.63, 3.8) is 0 Å². The molecular weight excluding hydrogens is 832 g/mol. The first-order valence-electron chi connectivity index (χ1n) is 21.4. The fraction of sp³-hybridized carbons (Fsp3) is 0.420. The summed E-state index contributed by atoms with van der Waals surface area (Å²) in [7, 11) is 11.3. The van der Waals surface area contributed by atoms with Crippen molar-refractivity contribution in [1.29, 1.82) is 0 Å². The Labute approximate surface area is 350 Å². The molecule has 0 amide bonds. The third-order valence-electron chi connectivity index (χ3n) is 13.0. The Kier molecular flexibility index (Phi) is 13.7. The van der Waals surface area contributed by atoms with E-state index in [1.165, 1.54) is 134 Å². The first-order chi connectivity index (χ1) is 27.5. The van der Waals surface area contributed by atoms with E-state index in [0.717, 1.165) is 35.6 Å². The summed E-state index contributed by atoms with van der Waals surface area (Å²) in [6, 6.07) is 37.7. The Bertz CT molecular complexity index is 2040. The van der Waals surface area contributed by atoms with E-state index in [2.05, 4.69) is 96.4 Å². The predicted octanol–water partition coefficient (Wildman–Crippen LogP) is 15.0. The number of nitrogens with zero attached hydrogens (tertiary/aromatic N) is 2. The number of aryl methyl sites for hydroxylation is 2. The van der Waals surface area contributed by atoms with Crippen molar-refractivity contribution in [2.24, 2.45) is 0 Å². The Morgan fingerprint density at radius 3 is 1.54 bits per heavy atom. The molecule has 5 aromatic carbocycles. The molecule has 1 heterocycles. The summed E-state index contributed by atoms with van der Waals surface area (Å²) in [4.78, 5) is 5.60. The van der Waals surface area contributed by atoms with Crippen LogP contribution in [0.25, 0.3) is 21.5 Å². The first-order valence-corrected chi connectivity index (χ1v) is 28.4. The Balaban J connectivity index is 0.000000386. The minimum absolute atomic E-state index is 0.0393. The van der Waals surface area contributed by atoms with Crippen molar-refractivity contribution in [1.82, 2.24) is 0 Å². The summed E-state index contributed by atoms with van der Waals surface area (Å²) in [6.45, 7) is 6.73. The van der Waals surface area contributed by atoms with Gasteiger partial charge < -0.3 is 9.80 Å². The van der Waals surface area contributed by atoms with Crippen molar-refractivity contribution in [2.75, 3.05) is 22.9 Å². The van der Waals surface area contributed by atoms with Crippen LogP contribution in [0.15, 0.2) is 115 Å². The normalized spacial score (nSPS) is 20.1. The van der Waals surface area contributed by atoms with Crippen LogP contribution in [0.5, 0.6) is 0 Å². The van der Waals surface area contributed by atoms with Crippen molar-refractivity contribution >= 4 is 64.8 Å². The third kappa shape index (κ3) is 8.88. The molecule has 0 aromatic heterocycles. The van der Waals surface area contributed by atoms with E-state index in [9.17, 15) is 0 Å². The van der Waals surface area contributed by atoms with Gasteiger partial charge in [-0.1, -0.05) is 114 Å². The zero-order chi connectivity index (χ0) is 38.4. The fourth-order valence-corrected chi connectivity index (χ4v) is 17.0. The summed E-state index contributed by atoms with van der Waals surface area (Å²) in [5, 5.41) is 5.61. The molecule has 0 N–H and O–H groups in total. The molecule has 296 valence electrons. The van der Waals surface area contributed by atoms with Gasteiger partial charge in [-0.05, 0) is 110 Å². The molecular formula is C50H59Cl2N2PRu. The Hall–Kier alpha value is -2.54. The quantitative estimate of drug-likeness (QED) is 0.124. The topological polar surface area (TPSA) is 6.48 Å². The number of benzene rings is 5. The van der Waals surface area contributed by atoms with Gasteiger partial charge in [-0.2, -0.15) is 0 Å². The molecule has 1 atom stereocenters. The van der Waals surface area contributed by atoms with Crippen LogP contribution in [0.1, 0.15) is 107 Å². The van der Waals surface area contributed by atoms with Crippen molar-refractivity contribution < 1.29 is 13.5 Å². The second-order valence-corrected chi connectivity index (χ2v) is 25.3. The number of rotatable bonds is 6. The van der Waals surface area contributed by atoms with Crippen molar-refractivity contribution in [3.05, 3.63) is 131 Å². The fourth-order valence-electron chi connectivity index (χ4n) is 10.6. The van der Waals surface area contributed by atoms with E-state index in [0.29, 0.717) is 0 Å². The van der Waals surface area contributed by atoms with Crippen LogP contribution in [0.2, 0.25) is 0 Å². The molecule has 0 spiro atoms. The minimum atomic E-state index is -1.61. The molecule has 3 saturated carbocycles. The second kappa shape index (κ2) is 19.0. The van der Waals surface area contributed by atoms with Crippen LogP contribution in [0.4, 0.5) is 11.4 Å². The van der Waals surface area contributed by atoms with E-state index < -0.39 is 13.5 Å². The molecule has 1 aliphatic heterocycles. The van der Waals surface area contributed by atoms with Gasteiger partial charge in [0.05, 0.1) is 11.4 Å². The zero-order valence-electron chi connectivity index (χ0n) is 33.4. The molecule has 6 heteroatoms. The SMILES string of the molecule is Cc1cccc2cccc(N3CCN(c4cccc5cccc(C)c45)C3=C3CCCCC3P(C3CCCCC3)C3CCCCC3)c12.[Cl][Ru]([Cl])=[CH]c1ccccc1. The second-order valence-electron chi connectivity index (χ2n) is 16.6. The summed E-state index contributed by atoms with van der Waals surface area (Å²) >= 11 is -1.61. The monoisotopic (exact) mass is 890 g/mol. The van der Waals surface area contributed by atoms with Gasteiger partial charge >= 0.3 is 73.4 Å². The van der Waals surface area contributed by atoms with Crippen LogP contribution in [-0.4, -0.2) is 34.7 Å². The molecule has 9 rings (SSSR count). The summed E-state index contributed by atoms with van der Waals surface area (Å²) in [5.41, 5.74) is 11.3. The molecule has 1 unspecified atom stereocenters. The summed E-state index contributed by atoms with van der Waals surface area (Å²) in [6.07, 6.45) is 20.3. The molecule has 4 aliphatic rings. The number of hydrogen-bond donors (Lipinski definition) is 0. The zero-order valence-corrected chi connectivity index (χ0v) is 37.5. The first kappa shape index (κ1) is 40.3.